The lowest BCUT2D eigenvalue weighted by atomic mass is 10.1. The molecule has 0 spiro atoms. The summed E-state index contributed by atoms with van der Waals surface area (Å²) in [4.78, 5) is 15.9. The van der Waals surface area contributed by atoms with Crippen LogP contribution in [0.1, 0.15) is 23.8 Å². The van der Waals surface area contributed by atoms with E-state index in [4.69, 9.17) is 5.73 Å². The molecule has 0 bridgehead atoms. The van der Waals surface area contributed by atoms with E-state index >= 15 is 0 Å². The highest BCUT2D eigenvalue weighted by atomic mass is 16.1. The molecule has 0 saturated heterocycles. The lowest BCUT2D eigenvalue weighted by molar-refractivity contribution is 0.0949. The van der Waals surface area contributed by atoms with Gasteiger partial charge in [0.2, 0.25) is 0 Å². The van der Waals surface area contributed by atoms with Gasteiger partial charge >= 0.3 is 0 Å². The number of carbonyl (C=O) groups excluding carboxylic acids is 1. The van der Waals surface area contributed by atoms with Crippen LogP contribution in [0.4, 0.5) is 5.82 Å². The molecule has 0 unspecified atom stereocenters. The molecule has 2 aromatic rings. The Morgan fingerprint density at radius 1 is 1.41 bits per heavy atom. The molecule has 88 valence electrons. The topological polar surface area (TPSA) is 68.0 Å². The summed E-state index contributed by atoms with van der Waals surface area (Å²) in [5.41, 5.74) is 6.20. The van der Waals surface area contributed by atoms with Crippen LogP contribution in [-0.2, 0) is 0 Å². The SMILES string of the molecule is CCCNC(=O)c1cc2ccccc2c(N)n1. The first-order valence-electron chi connectivity index (χ1n) is 5.66. The third kappa shape index (κ3) is 2.36. The van der Waals surface area contributed by atoms with Crippen molar-refractivity contribution in [1.82, 2.24) is 10.3 Å². The Morgan fingerprint density at radius 2 is 2.18 bits per heavy atom. The van der Waals surface area contributed by atoms with Gasteiger partial charge in [-0.1, -0.05) is 31.2 Å². The van der Waals surface area contributed by atoms with Crippen molar-refractivity contribution >= 4 is 22.5 Å². The lowest BCUT2D eigenvalue weighted by Gasteiger charge is -2.06. The Hall–Kier alpha value is -2.10. The third-order valence-electron chi connectivity index (χ3n) is 2.54. The largest absolute Gasteiger partial charge is 0.383 e. The van der Waals surface area contributed by atoms with Crippen molar-refractivity contribution in [3.05, 3.63) is 36.0 Å². The molecule has 4 heteroatoms. The molecular weight excluding hydrogens is 214 g/mol. The molecule has 0 saturated carbocycles. The first kappa shape index (κ1) is 11.4. The number of nitrogens with zero attached hydrogens (tertiary/aromatic N) is 1. The second-order valence-electron chi connectivity index (χ2n) is 3.87. The summed E-state index contributed by atoms with van der Waals surface area (Å²) >= 11 is 0. The first-order valence-corrected chi connectivity index (χ1v) is 5.66. The van der Waals surface area contributed by atoms with Crippen molar-refractivity contribution in [3.63, 3.8) is 0 Å². The highest BCUT2D eigenvalue weighted by Gasteiger charge is 2.09. The molecule has 1 aromatic carbocycles. The van der Waals surface area contributed by atoms with Gasteiger partial charge in [0, 0.05) is 11.9 Å². The van der Waals surface area contributed by atoms with Gasteiger partial charge < -0.3 is 11.1 Å². The van der Waals surface area contributed by atoms with E-state index in [2.05, 4.69) is 10.3 Å². The van der Waals surface area contributed by atoms with Crippen molar-refractivity contribution in [2.75, 3.05) is 12.3 Å². The van der Waals surface area contributed by atoms with Gasteiger partial charge in [0.25, 0.3) is 5.91 Å². The Morgan fingerprint density at radius 3 is 2.94 bits per heavy atom. The van der Waals surface area contributed by atoms with Crippen LogP contribution >= 0.6 is 0 Å². The molecule has 0 aliphatic carbocycles. The maximum Gasteiger partial charge on any atom is 0.269 e. The molecule has 0 atom stereocenters. The van der Waals surface area contributed by atoms with Crippen LogP contribution in [0, 0.1) is 0 Å². The van der Waals surface area contributed by atoms with Crippen LogP contribution in [0.25, 0.3) is 10.8 Å². The van der Waals surface area contributed by atoms with E-state index in [1.54, 1.807) is 6.07 Å². The molecule has 1 amide bonds. The van der Waals surface area contributed by atoms with Gasteiger partial charge in [0.1, 0.15) is 11.5 Å². The summed E-state index contributed by atoms with van der Waals surface area (Å²) in [7, 11) is 0. The molecule has 17 heavy (non-hydrogen) atoms. The number of carbonyl (C=O) groups is 1. The Labute approximate surface area is 99.8 Å². The average Bonchev–Trinajstić information content (AvgIpc) is 2.36. The maximum absolute atomic E-state index is 11.8. The molecule has 4 nitrogen and oxygen atoms in total. The van der Waals surface area contributed by atoms with Crippen molar-refractivity contribution in [2.45, 2.75) is 13.3 Å². The van der Waals surface area contributed by atoms with Gasteiger partial charge in [-0.3, -0.25) is 4.79 Å². The quantitative estimate of drug-likeness (QED) is 0.845. The fourth-order valence-electron chi connectivity index (χ4n) is 1.67. The summed E-state index contributed by atoms with van der Waals surface area (Å²) in [6.45, 7) is 2.65. The van der Waals surface area contributed by atoms with Crippen molar-refractivity contribution in [2.24, 2.45) is 0 Å². The number of rotatable bonds is 3. The highest BCUT2D eigenvalue weighted by Crippen LogP contribution is 2.19. The van der Waals surface area contributed by atoms with Gasteiger partial charge in [-0.15, -0.1) is 0 Å². The minimum absolute atomic E-state index is 0.177. The third-order valence-corrected chi connectivity index (χ3v) is 2.54. The van der Waals surface area contributed by atoms with E-state index in [1.165, 1.54) is 0 Å². The summed E-state index contributed by atoms with van der Waals surface area (Å²) < 4.78 is 0. The number of benzene rings is 1. The number of anilines is 1. The Kier molecular flexibility index (Phi) is 3.23. The zero-order valence-electron chi connectivity index (χ0n) is 9.73. The van der Waals surface area contributed by atoms with Gasteiger partial charge in [0.05, 0.1) is 0 Å². The number of nitrogens with two attached hydrogens (primary N) is 1. The molecular formula is C13H15N3O. The summed E-state index contributed by atoms with van der Waals surface area (Å²) in [5, 5.41) is 4.59. The molecule has 0 aliphatic heterocycles. The van der Waals surface area contributed by atoms with Gasteiger partial charge in [-0.2, -0.15) is 0 Å². The summed E-state index contributed by atoms with van der Waals surface area (Å²) in [6.07, 6.45) is 0.898. The zero-order valence-corrected chi connectivity index (χ0v) is 9.73. The minimum Gasteiger partial charge on any atom is -0.383 e. The monoisotopic (exact) mass is 229 g/mol. The predicted molar refractivity (Wildman–Crippen MR) is 68.8 cm³/mol. The van der Waals surface area contributed by atoms with Crippen LogP contribution in [0.5, 0.6) is 0 Å². The van der Waals surface area contributed by atoms with Crippen LogP contribution < -0.4 is 11.1 Å². The van der Waals surface area contributed by atoms with E-state index in [0.717, 1.165) is 17.2 Å². The van der Waals surface area contributed by atoms with Crippen molar-refractivity contribution in [1.29, 1.82) is 0 Å². The number of hydrogen-bond acceptors (Lipinski definition) is 3. The van der Waals surface area contributed by atoms with Gasteiger partial charge in [-0.25, -0.2) is 4.98 Å². The van der Waals surface area contributed by atoms with E-state index in [-0.39, 0.29) is 5.91 Å². The van der Waals surface area contributed by atoms with E-state index < -0.39 is 0 Å². The molecule has 3 N–H and O–H groups in total. The Bertz CT molecular complexity index is 551. The second-order valence-corrected chi connectivity index (χ2v) is 3.87. The fraction of sp³-hybridized carbons (Fsp3) is 0.231. The molecule has 0 radical (unpaired) electrons. The molecule has 0 aliphatic rings. The Balaban J connectivity index is 2.39. The smallest absolute Gasteiger partial charge is 0.269 e. The molecule has 2 rings (SSSR count). The number of nitrogens with one attached hydrogen (secondary N) is 1. The first-order chi connectivity index (χ1) is 8.22. The van der Waals surface area contributed by atoms with Gasteiger partial charge in [-0.05, 0) is 17.9 Å². The fourth-order valence-corrected chi connectivity index (χ4v) is 1.67. The minimum atomic E-state index is -0.177. The standard InChI is InChI=1S/C13H15N3O/c1-2-7-15-13(17)11-8-9-5-3-4-6-10(9)12(14)16-11/h3-6,8H,2,7H2,1H3,(H2,14,16)(H,15,17). The van der Waals surface area contributed by atoms with Crippen LogP contribution in [0.15, 0.2) is 30.3 Å². The van der Waals surface area contributed by atoms with Gasteiger partial charge in [0.15, 0.2) is 0 Å². The van der Waals surface area contributed by atoms with Crippen molar-refractivity contribution in [3.8, 4) is 0 Å². The average molecular weight is 229 g/mol. The highest BCUT2D eigenvalue weighted by molar-refractivity contribution is 5.99. The second kappa shape index (κ2) is 4.82. The van der Waals surface area contributed by atoms with E-state index in [0.29, 0.717) is 18.1 Å². The number of amides is 1. The van der Waals surface area contributed by atoms with Crippen molar-refractivity contribution < 1.29 is 4.79 Å². The number of fused-ring (bicyclic) bond motifs is 1. The normalized spacial score (nSPS) is 10.4. The number of aromatic nitrogens is 1. The van der Waals surface area contributed by atoms with E-state index in [9.17, 15) is 4.79 Å². The molecule has 1 aromatic heterocycles. The molecule has 1 heterocycles. The van der Waals surface area contributed by atoms with Crippen LogP contribution in [0.3, 0.4) is 0 Å². The predicted octanol–water partition coefficient (Wildman–Crippen LogP) is 1.96. The summed E-state index contributed by atoms with van der Waals surface area (Å²) in [6, 6.07) is 9.39. The zero-order chi connectivity index (χ0) is 12.3. The number of nitrogen functional groups attached to an aromatic ring is 1. The summed E-state index contributed by atoms with van der Waals surface area (Å²) in [5.74, 6) is 0.217. The lowest BCUT2D eigenvalue weighted by Crippen LogP contribution is -2.25. The van der Waals surface area contributed by atoms with Crippen LogP contribution in [0.2, 0.25) is 0 Å². The van der Waals surface area contributed by atoms with E-state index in [1.807, 2.05) is 31.2 Å². The molecule has 0 fully saturated rings. The maximum atomic E-state index is 11.8. The number of hydrogen-bond donors (Lipinski definition) is 2. The van der Waals surface area contributed by atoms with Crippen LogP contribution in [-0.4, -0.2) is 17.4 Å². The number of pyridine rings is 1.